The largest absolute Gasteiger partial charge is 0.478 e. The minimum atomic E-state index is -0.841. The van der Waals surface area contributed by atoms with Gasteiger partial charge in [-0.05, 0) is 55.4 Å². The molecule has 0 radical (unpaired) electrons. The molecular formula is C17H23NO3. The van der Waals surface area contributed by atoms with E-state index >= 15 is 0 Å². The molecule has 4 heteroatoms. The lowest BCUT2D eigenvalue weighted by Gasteiger charge is -2.39. The molecule has 2 atom stereocenters. The summed E-state index contributed by atoms with van der Waals surface area (Å²) in [6.07, 6.45) is 6.12. The number of fused-ring (bicyclic) bond motifs is 1. The van der Waals surface area contributed by atoms with E-state index in [-0.39, 0.29) is 0 Å². The van der Waals surface area contributed by atoms with E-state index in [0.29, 0.717) is 17.7 Å². The standard InChI is InChI=1S/C17H23NO3/c1-21-16-4-2-3-15(10-16)18-8-7-12-5-6-13(17(19)20)9-14(12)11-18/h5-6,9,15-16H,2-4,7-8,10-11H2,1H3,(H,19,20). The molecule has 1 saturated carbocycles. The molecule has 2 aliphatic rings. The second kappa shape index (κ2) is 6.16. The average Bonchev–Trinajstić information content (AvgIpc) is 2.53. The van der Waals surface area contributed by atoms with Gasteiger partial charge in [-0.1, -0.05) is 6.07 Å². The highest BCUT2D eigenvalue weighted by atomic mass is 16.5. The van der Waals surface area contributed by atoms with Crippen molar-refractivity contribution in [1.82, 2.24) is 4.90 Å². The number of carbonyl (C=O) groups is 1. The smallest absolute Gasteiger partial charge is 0.335 e. The summed E-state index contributed by atoms with van der Waals surface area (Å²) in [5.41, 5.74) is 2.88. The van der Waals surface area contributed by atoms with E-state index < -0.39 is 5.97 Å². The number of nitrogens with zero attached hydrogens (tertiary/aromatic N) is 1. The van der Waals surface area contributed by atoms with Gasteiger partial charge in [-0.3, -0.25) is 4.90 Å². The molecule has 0 saturated heterocycles. The molecule has 1 N–H and O–H groups in total. The van der Waals surface area contributed by atoms with Crippen molar-refractivity contribution in [3.63, 3.8) is 0 Å². The molecule has 1 heterocycles. The maximum Gasteiger partial charge on any atom is 0.335 e. The van der Waals surface area contributed by atoms with Crippen LogP contribution < -0.4 is 0 Å². The summed E-state index contributed by atoms with van der Waals surface area (Å²) in [5, 5.41) is 9.14. The van der Waals surface area contributed by atoms with Gasteiger partial charge in [0.1, 0.15) is 0 Å². The van der Waals surface area contributed by atoms with Crippen LogP contribution >= 0.6 is 0 Å². The number of ether oxygens (including phenoxy) is 1. The summed E-state index contributed by atoms with van der Waals surface area (Å²) in [6.45, 7) is 1.94. The fraction of sp³-hybridized carbons (Fsp3) is 0.588. The third kappa shape index (κ3) is 3.11. The van der Waals surface area contributed by atoms with Crippen molar-refractivity contribution in [3.8, 4) is 0 Å². The van der Waals surface area contributed by atoms with Crippen LogP contribution in [0.5, 0.6) is 0 Å². The van der Waals surface area contributed by atoms with Crippen molar-refractivity contribution >= 4 is 5.97 Å². The van der Waals surface area contributed by atoms with Crippen molar-refractivity contribution in [2.75, 3.05) is 13.7 Å². The number of hydrogen-bond acceptors (Lipinski definition) is 3. The minimum Gasteiger partial charge on any atom is -0.478 e. The molecule has 114 valence electrons. The summed E-state index contributed by atoms with van der Waals surface area (Å²) in [6, 6.07) is 6.12. The van der Waals surface area contributed by atoms with E-state index in [9.17, 15) is 4.79 Å². The maximum atomic E-state index is 11.1. The van der Waals surface area contributed by atoms with Gasteiger partial charge >= 0.3 is 5.97 Å². The highest BCUT2D eigenvalue weighted by Gasteiger charge is 2.29. The number of methoxy groups -OCH3 is 1. The Kier molecular flexibility index (Phi) is 4.27. The molecule has 0 spiro atoms. The molecular weight excluding hydrogens is 266 g/mol. The Hall–Kier alpha value is -1.39. The topological polar surface area (TPSA) is 49.8 Å². The summed E-state index contributed by atoms with van der Waals surface area (Å²) in [7, 11) is 1.80. The lowest BCUT2D eigenvalue weighted by atomic mass is 9.89. The van der Waals surface area contributed by atoms with E-state index in [1.165, 1.54) is 30.4 Å². The van der Waals surface area contributed by atoms with Crippen LogP contribution in [-0.2, 0) is 17.7 Å². The Morgan fingerprint density at radius 3 is 2.95 bits per heavy atom. The van der Waals surface area contributed by atoms with Gasteiger partial charge in [0, 0.05) is 26.2 Å². The fourth-order valence-corrected chi connectivity index (χ4v) is 3.69. The zero-order chi connectivity index (χ0) is 14.8. The van der Waals surface area contributed by atoms with Crippen molar-refractivity contribution in [1.29, 1.82) is 0 Å². The molecule has 4 nitrogen and oxygen atoms in total. The summed E-state index contributed by atoms with van der Waals surface area (Å²) in [5.74, 6) is -0.841. The Morgan fingerprint density at radius 1 is 1.33 bits per heavy atom. The van der Waals surface area contributed by atoms with Gasteiger partial charge in [-0.15, -0.1) is 0 Å². The highest BCUT2D eigenvalue weighted by molar-refractivity contribution is 5.87. The molecule has 1 aliphatic heterocycles. The van der Waals surface area contributed by atoms with Gasteiger partial charge in [0.2, 0.25) is 0 Å². The van der Waals surface area contributed by atoms with Crippen molar-refractivity contribution in [2.45, 2.75) is 50.8 Å². The minimum absolute atomic E-state index is 0.385. The molecule has 1 aromatic carbocycles. The molecule has 21 heavy (non-hydrogen) atoms. The van der Waals surface area contributed by atoms with Gasteiger partial charge in [0.05, 0.1) is 11.7 Å². The van der Waals surface area contributed by atoms with Crippen LogP contribution in [0.2, 0.25) is 0 Å². The lowest BCUT2D eigenvalue weighted by Crippen LogP contribution is -2.43. The molecule has 0 bridgehead atoms. The van der Waals surface area contributed by atoms with Gasteiger partial charge in [0.15, 0.2) is 0 Å². The Bertz CT molecular complexity index is 529. The van der Waals surface area contributed by atoms with Crippen molar-refractivity contribution < 1.29 is 14.6 Å². The maximum absolute atomic E-state index is 11.1. The number of carboxylic acid groups (broad SMARTS) is 1. The van der Waals surface area contributed by atoms with Crippen LogP contribution in [0, 0.1) is 0 Å². The van der Waals surface area contributed by atoms with Gasteiger partial charge in [-0.2, -0.15) is 0 Å². The van der Waals surface area contributed by atoms with E-state index in [0.717, 1.165) is 25.9 Å². The van der Waals surface area contributed by atoms with Gasteiger partial charge < -0.3 is 9.84 Å². The zero-order valence-electron chi connectivity index (χ0n) is 12.5. The normalized spacial score (nSPS) is 26.3. The predicted molar refractivity (Wildman–Crippen MR) is 80.6 cm³/mol. The van der Waals surface area contributed by atoms with Crippen LogP contribution in [0.15, 0.2) is 18.2 Å². The number of carboxylic acids is 1. The first-order valence-electron chi connectivity index (χ1n) is 7.79. The molecule has 1 fully saturated rings. The second-order valence-electron chi connectivity index (χ2n) is 6.19. The molecule has 1 aliphatic carbocycles. The van der Waals surface area contributed by atoms with E-state index in [1.807, 2.05) is 12.1 Å². The quantitative estimate of drug-likeness (QED) is 0.929. The average molecular weight is 289 g/mol. The Balaban J connectivity index is 1.74. The van der Waals surface area contributed by atoms with Crippen LogP contribution in [0.3, 0.4) is 0 Å². The first-order chi connectivity index (χ1) is 10.2. The lowest BCUT2D eigenvalue weighted by molar-refractivity contribution is 0.0239. The van der Waals surface area contributed by atoms with Crippen LogP contribution in [0.25, 0.3) is 0 Å². The number of hydrogen-bond donors (Lipinski definition) is 1. The first-order valence-corrected chi connectivity index (χ1v) is 7.79. The zero-order valence-corrected chi connectivity index (χ0v) is 12.5. The number of benzene rings is 1. The molecule has 0 amide bonds. The fourth-order valence-electron chi connectivity index (χ4n) is 3.69. The third-order valence-electron chi connectivity index (χ3n) is 4.94. The van der Waals surface area contributed by atoms with E-state index in [2.05, 4.69) is 4.90 Å². The monoisotopic (exact) mass is 289 g/mol. The summed E-state index contributed by atoms with van der Waals surface area (Å²) < 4.78 is 5.53. The second-order valence-corrected chi connectivity index (χ2v) is 6.19. The van der Waals surface area contributed by atoms with E-state index in [1.54, 1.807) is 13.2 Å². The highest BCUT2D eigenvalue weighted by Crippen LogP contribution is 2.29. The van der Waals surface area contributed by atoms with Crippen LogP contribution in [0.4, 0.5) is 0 Å². The number of rotatable bonds is 3. The molecule has 1 aromatic rings. The van der Waals surface area contributed by atoms with E-state index in [4.69, 9.17) is 9.84 Å². The first kappa shape index (κ1) is 14.5. The summed E-state index contributed by atoms with van der Waals surface area (Å²) >= 11 is 0. The molecule has 0 aromatic heterocycles. The Morgan fingerprint density at radius 2 is 2.19 bits per heavy atom. The predicted octanol–water partition coefficient (Wildman–Crippen LogP) is 2.70. The third-order valence-corrected chi connectivity index (χ3v) is 4.94. The number of aromatic carboxylic acids is 1. The Labute approximate surface area is 125 Å². The van der Waals surface area contributed by atoms with Crippen LogP contribution in [0.1, 0.15) is 47.2 Å². The van der Waals surface area contributed by atoms with Gasteiger partial charge in [-0.25, -0.2) is 4.79 Å². The van der Waals surface area contributed by atoms with Crippen molar-refractivity contribution in [3.05, 3.63) is 34.9 Å². The SMILES string of the molecule is COC1CCCC(N2CCc3ccc(C(=O)O)cc3C2)C1. The molecule has 3 rings (SSSR count). The molecule has 2 unspecified atom stereocenters. The van der Waals surface area contributed by atoms with Crippen LogP contribution in [-0.4, -0.2) is 41.8 Å². The summed E-state index contributed by atoms with van der Waals surface area (Å²) in [4.78, 5) is 13.6. The van der Waals surface area contributed by atoms with Crippen molar-refractivity contribution in [2.24, 2.45) is 0 Å². The van der Waals surface area contributed by atoms with Gasteiger partial charge in [0.25, 0.3) is 0 Å².